The van der Waals surface area contributed by atoms with Crippen LogP contribution in [0.1, 0.15) is 37.5 Å². The summed E-state index contributed by atoms with van der Waals surface area (Å²) in [6, 6.07) is 24.6. The van der Waals surface area contributed by atoms with Gasteiger partial charge in [0.15, 0.2) is 0 Å². The molecule has 0 N–H and O–H groups in total. The Kier molecular flexibility index (Phi) is 5.95. The molecule has 23 heavy (non-hydrogen) atoms. The smallest absolute Gasteiger partial charge is 0.0997 e. The third-order valence-electron chi connectivity index (χ3n) is 5.05. The van der Waals surface area contributed by atoms with Gasteiger partial charge in [0.25, 0.3) is 0 Å². The maximum absolute atomic E-state index is 9.56. The van der Waals surface area contributed by atoms with Crippen molar-refractivity contribution in [1.82, 2.24) is 0 Å². The van der Waals surface area contributed by atoms with Crippen LogP contribution in [0, 0.1) is 11.3 Å². The molecule has 2 heteroatoms. The van der Waals surface area contributed by atoms with E-state index in [1.165, 1.54) is 28.9 Å². The first-order valence-electron chi connectivity index (χ1n) is 8.47. The van der Waals surface area contributed by atoms with Gasteiger partial charge in [0.1, 0.15) is 0 Å². The second kappa shape index (κ2) is 7.94. The van der Waals surface area contributed by atoms with Crippen LogP contribution in [0.4, 0.5) is 0 Å². The Morgan fingerprint density at radius 1 is 0.913 bits per heavy atom. The predicted octanol–water partition coefficient (Wildman–Crippen LogP) is 6.15. The summed E-state index contributed by atoms with van der Waals surface area (Å²) in [6.45, 7) is 6.94. The molecule has 0 saturated heterocycles. The van der Waals surface area contributed by atoms with Crippen molar-refractivity contribution < 1.29 is 0 Å². The maximum Gasteiger partial charge on any atom is 0.0997 e. The van der Waals surface area contributed by atoms with E-state index in [2.05, 4.69) is 69.3 Å². The van der Waals surface area contributed by atoms with Crippen LogP contribution < -0.4 is 0 Å². The first-order valence-corrected chi connectivity index (χ1v) is 11.1. The number of nitriles is 1. The minimum atomic E-state index is -1.61. The highest BCUT2D eigenvalue weighted by atomic mass is 28.3. The van der Waals surface area contributed by atoms with Crippen LogP contribution in [0.15, 0.2) is 54.6 Å². The van der Waals surface area contributed by atoms with Crippen LogP contribution >= 0.6 is 0 Å². The normalized spacial score (nSPS) is 12.0. The lowest BCUT2D eigenvalue weighted by molar-refractivity contribution is 1.20. The number of rotatable bonds is 6. The number of nitrogens with zero attached hydrogens (tertiary/aromatic N) is 1. The van der Waals surface area contributed by atoms with Crippen LogP contribution in [-0.4, -0.2) is 8.07 Å². The number of hydrogen-bond donors (Lipinski definition) is 0. The van der Waals surface area contributed by atoms with Gasteiger partial charge in [-0.1, -0.05) is 98.7 Å². The second-order valence-electron chi connectivity index (χ2n) is 5.97. The zero-order valence-electron chi connectivity index (χ0n) is 14.3. The van der Waals surface area contributed by atoms with Crippen LogP contribution in [0.25, 0.3) is 11.3 Å². The zero-order valence-corrected chi connectivity index (χ0v) is 15.3. The Morgan fingerprint density at radius 3 is 2.04 bits per heavy atom. The molecular weight excluding hydrogens is 294 g/mol. The Balaban J connectivity index is 2.70. The van der Waals surface area contributed by atoms with Gasteiger partial charge in [-0.15, -0.1) is 0 Å². The first-order chi connectivity index (χ1) is 11.2. The van der Waals surface area contributed by atoms with Crippen LogP contribution in [-0.2, 0) is 0 Å². The molecule has 0 saturated carbocycles. The molecule has 0 fully saturated rings. The third kappa shape index (κ3) is 3.63. The fraction of sp³-hybridized carbons (Fsp3) is 0.286. The van der Waals surface area contributed by atoms with Gasteiger partial charge >= 0.3 is 0 Å². The van der Waals surface area contributed by atoms with Gasteiger partial charge in [-0.05, 0) is 17.2 Å². The molecule has 0 aliphatic carbocycles. The van der Waals surface area contributed by atoms with E-state index in [4.69, 9.17) is 0 Å². The average molecular weight is 320 g/mol. The van der Waals surface area contributed by atoms with Crippen LogP contribution in [0.3, 0.4) is 0 Å². The van der Waals surface area contributed by atoms with Crippen molar-refractivity contribution in [3.05, 3.63) is 71.3 Å². The summed E-state index contributed by atoms with van der Waals surface area (Å²) in [7, 11) is -1.61. The minimum absolute atomic E-state index is 0.793. The van der Waals surface area contributed by atoms with Gasteiger partial charge in [0.2, 0.25) is 0 Å². The van der Waals surface area contributed by atoms with Gasteiger partial charge in [-0.2, -0.15) is 5.26 Å². The van der Waals surface area contributed by atoms with Gasteiger partial charge in [0.05, 0.1) is 19.7 Å². The summed E-state index contributed by atoms with van der Waals surface area (Å²) in [4.78, 5) is 0. The molecule has 2 aromatic carbocycles. The van der Waals surface area contributed by atoms with Gasteiger partial charge in [0, 0.05) is 0 Å². The van der Waals surface area contributed by atoms with E-state index in [-0.39, 0.29) is 0 Å². The molecule has 2 rings (SSSR count). The Morgan fingerprint density at radius 2 is 1.48 bits per heavy atom. The summed E-state index contributed by atoms with van der Waals surface area (Å²) in [6.07, 6.45) is 2.33. The van der Waals surface area contributed by atoms with Crippen molar-refractivity contribution in [2.75, 3.05) is 0 Å². The number of hydrogen-bond acceptors (Lipinski definition) is 1. The molecule has 0 aliphatic heterocycles. The summed E-state index contributed by atoms with van der Waals surface area (Å²) < 4.78 is 0. The lowest BCUT2D eigenvalue weighted by atomic mass is 10.1. The monoisotopic (exact) mass is 319 g/mol. The topological polar surface area (TPSA) is 23.8 Å². The van der Waals surface area contributed by atoms with Crippen LogP contribution in [0.5, 0.6) is 0 Å². The minimum Gasteiger partial charge on any atom is -0.192 e. The van der Waals surface area contributed by atoms with E-state index >= 15 is 0 Å². The summed E-state index contributed by atoms with van der Waals surface area (Å²) in [5.41, 5.74) is 3.15. The van der Waals surface area contributed by atoms with Crippen molar-refractivity contribution in [3.8, 4) is 6.07 Å². The predicted molar refractivity (Wildman–Crippen MR) is 103 cm³/mol. The van der Waals surface area contributed by atoms with E-state index < -0.39 is 8.07 Å². The van der Waals surface area contributed by atoms with Crippen molar-refractivity contribution >= 4 is 19.3 Å². The fourth-order valence-corrected chi connectivity index (χ4v) is 7.27. The largest absolute Gasteiger partial charge is 0.192 e. The molecule has 0 radical (unpaired) electrons. The quantitative estimate of drug-likeness (QED) is 0.463. The standard InChI is InChI=1S/C21H25NSi/c1-4-23(5-2,6-3)21(16-18-12-8-7-9-13-18)20-15-11-10-14-19(20)17-22/h7-16H,4-6H2,1-3H3/b21-16+. The second-order valence-corrected chi connectivity index (χ2v) is 11.2. The molecule has 0 spiro atoms. The first kappa shape index (κ1) is 17.2. The maximum atomic E-state index is 9.56. The van der Waals surface area contributed by atoms with E-state index in [1.54, 1.807) is 0 Å². The van der Waals surface area contributed by atoms with Gasteiger partial charge in [-0.3, -0.25) is 0 Å². The van der Waals surface area contributed by atoms with E-state index in [0.29, 0.717) is 0 Å². The van der Waals surface area contributed by atoms with Crippen molar-refractivity contribution in [2.45, 2.75) is 38.9 Å². The SMILES string of the molecule is CC[Si](CC)(CC)/C(=C/c1ccccc1)c1ccccc1C#N. The third-order valence-corrected chi connectivity index (χ3v) is 10.7. The molecule has 0 amide bonds. The zero-order chi connectivity index (χ0) is 16.7. The molecule has 0 aliphatic rings. The molecule has 0 aromatic heterocycles. The average Bonchev–Trinajstić information content (AvgIpc) is 2.63. The number of benzene rings is 2. The molecule has 0 heterocycles. The van der Waals surface area contributed by atoms with Gasteiger partial charge < -0.3 is 0 Å². The van der Waals surface area contributed by atoms with Crippen molar-refractivity contribution in [1.29, 1.82) is 5.26 Å². The van der Waals surface area contributed by atoms with E-state index in [0.717, 1.165) is 11.1 Å². The lowest BCUT2D eigenvalue weighted by Crippen LogP contribution is -2.33. The summed E-state index contributed by atoms with van der Waals surface area (Å²) in [5, 5.41) is 11.0. The highest BCUT2D eigenvalue weighted by Gasteiger charge is 2.33. The van der Waals surface area contributed by atoms with E-state index in [1.807, 2.05) is 18.2 Å². The van der Waals surface area contributed by atoms with Gasteiger partial charge in [-0.25, -0.2) is 0 Å². The lowest BCUT2D eigenvalue weighted by Gasteiger charge is -2.32. The summed E-state index contributed by atoms with van der Waals surface area (Å²) >= 11 is 0. The molecule has 0 bridgehead atoms. The van der Waals surface area contributed by atoms with Crippen molar-refractivity contribution in [3.63, 3.8) is 0 Å². The molecular formula is C21H25NSi. The molecule has 2 aromatic rings. The Hall–Kier alpha value is -2.11. The molecule has 0 unspecified atom stereocenters. The molecule has 0 atom stereocenters. The Labute approximate surface area is 141 Å². The van der Waals surface area contributed by atoms with Crippen molar-refractivity contribution in [2.24, 2.45) is 0 Å². The fourth-order valence-electron chi connectivity index (χ4n) is 3.37. The summed E-state index contributed by atoms with van der Waals surface area (Å²) in [5.74, 6) is 0. The Bertz CT molecular complexity index is 698. The van der Waals surface area contributed by atoms with E-state index in [9.17, 15) is 5.26 Å². The highest BCUT2D eigenvalue weighted by Crippen LogP contribution is 2.38. The molecule has 1 nitrogen and oxygen atoms in total. The molecule has 118 valence electrons. The van der Waals surface area contributed by atoms with Crippen LogP contribution in [0.2, 0.25) is 18.1 Å². The highest BCUT2D eigenvalue weighted by molar-refractivity contribution is 6.97.